The molecule has 2 amide bonds. The quantitative estimate of drug-likeness (QED) is 0.911. The number of likely N-dealkylation sites (tertiary alicyclic amines) is 1. The molecule has 0 aliphatic carbocycles. The van der Waals surface area contributed by atoms with Crippen molar-refractivity contribution in [1.29, 1.82) is 0 Å². The first-order valence-electron chi connectivity index (χ1n) is 8.17. The standard InChI is InChI=1S/C17H19ClN4OS/c18-15-4-2-1-3-14(15)12-5-6-21(10-12)16(23)19-9-13-11-22-7-8-24-17(22)20-13/h1-4,11-12H,5-10H2,(H,19,23)/t12-/m0/s1. The van der Waals surface area contributed by atoms with E-state index in [0.717, 1.165) is 46.7 Å². The number of carbonyl (C=O) groups excluding carboxylic acids is 1. The molecule has 2 aromatic rings. The van der Waals surface area contributed by atoms with Crippen molar-refractivity contribution < 1.29 is 4.79 Å². The second-order valence-corrected chi connectivity index (χ2v) is 7.64. The van der Waals surface area contributed by atoms with Crippen LogP contribution in [-0.4, -0.2) is 39.3 Å². The third-order valence-corrected chi connectivity index (χ3v) is 5.91. The van der Waals surface area contributed by atoms with Crippen LogP contribution < -0.4 is 5.32 Å². The lowest BCUT2D eigenvalue weighted by Crippen LogP contribution is -2.38. The van der Waals surface area contributed by atoms with E-state index in [2.05, 4.69) is 20.9 Å². The number of nitrogens with zero attached hydrogens (tertiary/aromatic N) is 3. The van der Waals surface area contributed by atoms with E-state index in [1.807, 2.05) is 29.3 Å². The summed E-state index contributed by atoms with van der Waals surface area (Å²) in [7, 11) is 0. The Bertz CT molecular complexity index is 741. The van der Waals surface area contributed by atoms with E-state index in [4.69, 9.17) is 11.6 Å². The van der Waals surface area contributed by atoms with Crippen LogP contribution in [0.15, 0.2) is 35.6 Å². The number of hydrogen-bond acceptors (Lipinski definition) is 3. The maximum absolute atomic E-state index is 12.4. The number of amides is 2. The van der Waals surface area contributed by atoms with Gasteiger partial charge in [0.2, 0.25) is 0 Å². The van der Waals surface area contributed by atoms with Gasteiger partial charge in [0, 0.05) is 42.5 Å². The lowest BCUT2D eigenvalue weighted by atomic mass is 9.98. The predicted octanol–water partition coefficient (Wildman–Crippen LogP) is 3.34. The Hall–Kier alpha value is -1.66. The van der Waals surface area contributed by atoms with Crippen LogP contribution in [0.2, 0.25) is 5.02 Å². The molecule has 1 N–H and O–H groups in total. The molecule has 0 radical (unpaired) electrons. The number of halogens is 1. The summed E-state index contributed by atoms with van der Waals surface area (Å²) in [6.45, 7) is 2.96. The summed E-state index contributed by atoms with van der Waals surface area (Å²) in [5, 5.41) is 4.83. The number of urea groups is 1. The third kappa shape index (κ3) is 3.13. The number of thioether (sulfide) groups is 1. The summed E-state index contributed by atoms with van der Waals surface area (Å²) in [4.78, 5) is 18.8. The van der Waals surface area contributed by atoms with Crippen LogP contribution in [0.1, 0.15) is 23.6 Å². The Balaban J connectivity index is 1.33. The monoisotopic (exact) mass is 362 g/mol. The highest BCUT2D eigenvalue weighted by molar-refractivity contribution is 7.99. The number of hydrogen-bond donors (Lipinski definition) is 1. The molecule has 0 unspecified atom stereocenters. The van der Waals surface area contributed by atoms with Gasteiger partial charge in [0.15, 0.2) is 5.16 Å². The molecule has 0 spiro atoms. The van der Waals surface area contributed by atoms with Gasteiger partial charge < -0.3 is 14.8 Å². The maximum atomic E-state index is 12.4. The minimum Gasteiger partial charge on any atom is -0.332 e. The zero-order valence-corrected chi connectivity index (χ0v) is 14.8. The van der Waals surface area contributed by atoms with E-state index in [0.29, 0.717) is 19.0 Å². The number of nitrogens with one attached hydrogen (secondary N) is 1. The number of fused-ring (bicyclic) bond motifs is 1. The molecular formula is C17H19ClN4OS. The van der Waals surface area contributed by atoms with Gasteiger partial charge in [-0.1, -0.05) is 41.6 Å². The fourth-order valence-electron chi connectivity index (χ4n) is 3.33. The zero-order chi connectivity index (χ0) is 16.5. The van der Waals surface area contributed by atoms with Crippen molar-refractivity contribution in [3.63, 3.8) is 0 Å². The molecule has 3 heterocycles. The Labute approximate surface area is 150 Å². The molecule has 1 fully saturated rings. The van der Waals surface area contributed by atoms with Crippen LogP contribution in [0.4, 0.5) is 4.79 Å². The highest BCUT2D eigenvalue weighted by Crippen LogP contribution is 2.32. The molecule has 1 aromatic carbocycles. The largest absolute Gasteiger partial charge is 0.332 e. The molecule has 0 bridgehead atoms. The van der Waals surface area contributed by atoms with Crippen molar-refractivity contribution in [3.05, 3.63) is 46.7 Å². The Morgan fingerprint density at radius 2 is 2.25 bits per heavy atom. The summed E-state index contributed by atoms with van der Waals surface area (Å²) in [5.74, 6) is 1.41. The van der Waals surface area contributed by atoms with Gasteiger partial charge in [-0.05, 0) is 18.1 Å². The van der Waals surface area contributed by atoms with E-state index >= 15 is 0 Å². The van der Waals surface area contributed by atoms with Gasteiger partial charge in [0.25, 0.3) is 0 Å². The lowest BCUT2D eigenvalue weighted by Gasteiger charge is -2.17. The first-order chi connectivity index (χ1) is 11.7. The minimum atomic E-state index is -0.0228. The first kappa shape index (κ1) is 15.8. The van der Waals surface area contributed by atoms with E-state index in [9.17, 15) is 4.79 Å². The maximum Gasteiger partial charge on any atom is 0.317 e. The highest BCUT2D eigenvalue weighted by atomic mass is 35.5. The van der Waals surface area contributed by atoms with E-state index in [-0.39, 0.29) is 6.03 Å². The minimum absolute atomic E-state index is 0.0228. The molecule has 2 aliphatic rings. The fraction of sp³-hybridized carbons (Fsp3) is 0.412. The van der Waals surface area contributed by atoms with Crippen LogP contribution in [0.3, 0.4) is 0 Å². The molecule has 4 rings (SSSR count). The van der Waals surface area contributed by atoms with Gasteiger partial charge in [-0.2, -0.15) is 0 Å². The fourth-order valence-corrected chi connectivity index (χ4v) is 4.58. The van der Waals surface area contributed by atoms with Gasteiger partial charge in [-0.25, -0.2) is 9.78 Å². The Morgan fingerprint density at radius 3 is 3.08 bits per heavy atom. The number of aromatic nitrogens is 2. The van der Waals surface area contributed by atoms with Crippen LogP contribution >= 0.6 is 23.4 Å². The number of rotatable bonds is 3. The molecule has 0 saturated carbocycles. The van der Waals surface area contributed by atoms with Crippen LogP contribution in [0.5, 0.6) is 0 Å². The van der Waals surface area contributed by atoms with Crippen molar-refractivity contribution in [3.8, 4) is 0 Å². The molecule has 1 atom stereocenters. The molecule has 5 nitrogen and oxygen atoms in total. The number of carbonyl (C=O) groups is 1. The van der Waals surface area contributed by atoms with E-state index in [1.54, 1.807) is 11.8 Å². The molecule has 1 saturated heterocycles. The van der Waals surface area contributed by atoms with Crippen molar-refractivity contribution in [1.82, 2.24) is 19.8 Å². The predicted molar refractivity (Wildman–Crippen MR) is 95.6 cm³/mol. The second-order valence-electron chi connectivity index (χ2n) is 6.17. The van der Waals surface area contributed by atoms with Crippen molar-refractivity contribution in [2.24, 2.45) is 0 Å². The van der Waals surface area contributed by atoms with E-state index in [1.165, 1.54) is 0 Å². The molecule has 2 aliphatic heterocycles. The van der Waals surface area contributed by atoms with Crippen LogP contribution in [-0.2, 0) is 13.1 Å². The Morgan fingerprint density at radius 1 is 1.38 bits per heavy atom. The van der Waals surface area contributed by atoms with Crippen LogP contribution in [0.25, 0.3) is 0 Å². The smallest absolute Gasteiger partial charge is 0.317 e. The summed E-state index contributed by atoms with van der Waals surface area (Å²) in [5.41, 5.74) is 2.06. The van der Waals surface area contributed by atoms with Gasteiger partial charge in [0.05, 0.1) is 12.2 Å². The number of imidazole rings is 1. The molecule has 24 heavy (non-hydrogen) atoms. The van der Waals surface area contributed by atoms with Gasteiger partial charge in [-0.3, -0.25) is 0 Å². The normalized spacial score (nSPS) is 19.5. The first-order valence-corrected chi connectivity index (χ1v) is 9.53. The number of aryl methyl sites for hydroxylation is 1. The van der Waals surface area contributed by atoms with E-state index < -0.39 is 0 Å². The topological polar surface area (TPSA) is 50.2 Å². The Kier molecular flexibility index (Phi) is 4.41. The second kappa shape index (κ2) is 6.69. The third-order valence-electron chi connectivity index (χ3n) is 4.59. The summed E-state index contributed by atoms with van der Waals surface area (Å²) >= 11 is 8.04. The van der Waals surface area contributed by atoms with Crippen molar-refractivity contribution in [2.45, 2.75) is 30.6 Å². The van der Waals surface area contributed by atoms with Gasteiger partial charge in [0.1, 0.15) is 0 Å². The molecule has 7 heteroatoms. The lowest BCUT2D eigenvalue weighted by molar-refractivity contribution is 0.207. The molecule has 126 valence electrons. The summed E-state index contributed by atoms with van der Waals surface area (Å²) in [6, 6.07) is 7.88. The SMILES string of the molecule is O=C(NCc1cn2c(n1)SCC2)N1CC[C@H](c2ccccc2Cl)C1. The van der Waals surface area contributed by atoms with Crippen molar-refractivity contribution in [2.75, 3.05) is 18.8 Å². The number of benzene rings is 1. The zero-order valence-electron chi connectivity index (χ0n) is 13.2. The summed E-state index contributed by atoms with van der Waals surface area (Å²) < 4.78 is 2.15. The van der Waals surface area contributed by atoms with Gasteiger partial charge >= 0.3 is 6.03 Å². The van der Waals surface area contributed by atoms with Gasteiger partial charge in [-0.15, -0.1) is 0 Å². The molecule has 1 aromatic heterocycles. The average Bonchev–Trinajstić information content (AvgIpc) is 3.28. The van der Waals surface area contributed by atoms with Crippen LogP contribution in [0, 0.1) is 0 Å². The van der Waals surface area contributed by atoms with Crippen molar-refractivity contribution >= 4 is 29.4 Å². The molecular weight excluding hydrogens is 344 g/mol. The summed E-state index contributed by atoms with van der Waals surface area (Å²) in [6.07, 6.45) is 2.98. The average molecular weight is 363 g/mol. The highest BCUT2D eigenvalue weighted by Gasteiger charge is 2.28.